The molecule has 0 amide bonds. The van der Waals surface area contributed by atoms with Crippen LogP contribution in [-0.2, 0) is 0 Å². The minimum atomic E-state index is 0.318. The predicted molar refractivity (Wildman–Crippen MR) is 76.3 cm³/mol. The largest absolute Gasteiger partial charge is 0.489 e. The van der Waals surface area contributed by atoms with Gasteiger partial charge in [-0.2, -0.15) is 0 Å². The molecule has 0 aliphatic heterocycles. The van der Waals surface area contributed by atoms with Gasteiger partial charge in [0.05, 0.1) is 0 Å². The lowest BCUT2D eigenvalue weighted by molar-refractivity contribution is 0.148. The van der Waals surface area contributed by atoms with E-state index in [-0.39, 0.29) is 0 Å². The van der Waals surface area contributed by atoms with Crippen LogP contribution in [0, 0.1) is 13.8 Å². The summed E-state index contributed by atoms with van der Waals surface area (Å²) in [6.45, 7) is 4.25. The normalized spacial score (nSPS) is 24.6. The van der Waals surface area contributed by atoms with Crippen LogP contribution in [-0.4, -0.2) is 19.2 Å². The Morgan fingerprint density at radius 2 is 1.67 bits per heavy atom. The van der Waals surface area contributed by atoms with Crippen molar-refractivity contribution in [3.63, 3.8) is 0 Å². The van der Waals surface area contributed by atoms with Gasteiger partial charge in [0.25, 0.3) is 0 Å². The minimum absolute atomic E-state index is 0.318. The number of likely N-dealkylation sites (N-methyl/N-ethyl adjacent to an activating group) is 1. The molecule has 2 rings (SSSR count). The minimum Gasteiger partial charge on any atom is -0.489 e. The summed E-state index contributed by atoms with van der Waals surface area (Å²) in [6.07, 6.45) is 6.65. The summed E-state index contributed by atoms with van der Waals surface area (Å²) in [7, 11) is 2.05. The van der Waals surface area contributed by atoms with E-state index in [9.17, 15) is 0 Å². The molecule has 0 bridgehead atoms. The lowest BCUT2D eigenvalue weighted by Gasteiger charge is -2.26. The Balaban J connectivity index is 2.09. The Kier molecular flexibility index (Phi) is 4.65. The number of aryl methyl sites for hydroxylation is 2. The van der Waals surface area contributed by atoms with Crippen molar-refractivity contribution in [3.05, 3.63) is 29.3 Å². The second-order valence-corrected chi connectivity index (χ2v) is 5.51. The SMILES string of the molecule is CNC1CCCCCC1Oc1cc(C)cc(C)c1. The van der Waals surface area contributed by atoms with Gasteiger partial charge in [0, 0.05) is 6.04 Å². The quantitative estimate of drug-likeness (QED) is 0.824. The summed E-state index contributed by atoms with van der Waals surface area (Å²) in [5, 5.41) is 3.42. The molecule has 2 unspecified atom stereocenters. The molecule has 1 aromatic rings. The van der Waals surface area contributed by atoms with Crippen LogP contribution in [0.4, 0.5) is 0 Å². The van der Waals surface area contributed by atoms with Crippen LogP contribution >= 0.6 is 0 Å². The Morgan fingerprint density at radius 3 is 2.33 bits per heavy atom. The van der Waals surface area contributed by atoms with Crippen LogP contribution < -0.4 is 10.1 Å². The summed E-state index contributed by atoms with van der Waals surface area (Å²) in [5.41, 5.74) is 2.55. The van der Waals surface area contributed by atoms with E-state index in [0.29, 0.717) is 12.1 Å². The molecule has 1 aliphatic carbocycles. The molecule has 0 saturated heterocycles. The zero-order valence-corrected chi connectivity index (χ0v) is 11.8. The van der Waals surface area contributed by atoms with Crippen molar-refractivity contribution in [2.45, 2.75) is 58.1 Å². The third-order valence-electron chi connectivity index (χ3n) is 3.81. The average molecular weight is 247 g/mol. The highest BCUT2D eigenvalue weighted by molar-refractivity contribution is 5.33. The molecule has 2 heteroatoms. The second-order valence-electron chi connectivity index (χ2n) is 5.51. The van der Waals surface area contributed by atoms with Crippen molar-refractivity contribution in [1.29, 1.82) is 0 Å². The smallest absolute Gasteiger partial charge is 0.120 e. The van der Waals surface area contributed by atoms with Crippen molar-refractivity contribution in [3.8, 4) is 5.75 Å². The van der Waals surface area contributed by atoms with Gasteiger partial charge in [-0.3, -0.25) is 0 Å². The van der Waals surface area contributed by atoms with Crippen LogP contribution in [0.25, 0.3) is 0 Å². The molecule has 1 N–H and O–H groups in total. The topological polar surface area (TPSA) is 21.3 Å². The number of nitrogens with one attached hydrogen (secondary N) is 1. The second kappa shape index (κ2) is 6.24. The summed E-state index contributed by atoms with van der Waals surface area (Å²) in [4.78, 5) is 0. The van der Waals surface area contributed by atoms with E-state index in [4.69, 9.17) is 4.74 Å². The van der Waals surface area contributed by atoms with E-state index in [1.165, 1.54) is 43.2 Å². The van der Waals surface area contributed by atoms with Crippen LogP contribution in [0.1, 0.15) is 43.2 Å². The number of ether oxygens (including phenoxy) is 1. The molecule has 18 heavy (non-hydrogen) atoms. The lowest BCUT2D eigenvalue weighted by Crippen LogP contribution is -2.40. The van der Waals surface area contributed by atoms with E-state index >= 15 is 0 Å². The number of rotatable bonds is 3. The van der Waals surface area contributed by atoms with Crippen molar-refractivity contribution in [2.75, 3.05) is 7.05 Å². The fraction of sp³-hybridized carbons (Fsp3) is 0.625. The number of hydrogen-bond donors (Lipinski definition) is 1. The van der Waals surface area contributed by atoms with E-state index in [0.717, 1.165) is 5.75 Å². The molecule has 1 aromatic carbocycles. The zero-order chi connectivity index (χ0) is 13.0. The highest BCUT2D eigenvalue weighted by atomic mass is 16.5. The van der Waals surface area contributed by atoms with Crippen LogP contribution in [0.3, 0.4) is 0 Å². The van der Waals surface area contributed by atoms with Crippen molar-refractivity contribution in [1.82, 2.24) is 5.32 Å². The number of benzene rings is 1. The maximum atomic E-state index is 6.24. The van der Waals surface area contributed by atoms with Gasteiger partial charge < -0.3 is 10.1 Å². The van der Waals surface area contributed by atoms with Gasteiger partial charge in [-0.05, 0) is 63.4 Å². The first-order valence-corrected chi connectivity index (χ1v) is 7.11. The number of hydrogen-bond acceptors (Lipinski definition) is 2. The molecule has 2 nitrogen and oxygen atoms in total. The van der Waals surface area contributed by atoms with Crippen LogP contribution in [0.15, 0.2) is 18.2 Å². The monoisotopic (exact) mass is 247 g/mol. The molecule has 1 fully saturated rings. The van der Waals surface area contributed by atoms with Gasteiger partial charge in [0.1, 0.15) is 11.9 Å². The Hall–Kier alpha value is -1.02. The molecule has 0 aromatic heterocycles. The molecular formula is C16H25NO. The van der Waals surface area contributed by atoms with Gasteiger partial charge in [0.2, 0.25) is 0 Å². The molecule has 1 aliphatic rings. The first-order chi connectivity index (χ1) is 8.69. The average Bonchev–Trinajstić information content (AvgIpc) is 2.52. The first-order valence-electron chi connectivity index (χ1n) is 7.11. The standard InChI is InChI=1S/C16H25NO/c1-12-9-13(2)11-14(10-12)18-16-8-6-4-5-7-15(16)17-3/h9-11,15-17H,4-8H2,1-3H3. The third-order valence-corrected chi connectivity index (χ3v) is 3.81. The van der Waals surface area contributed by atoms with E-state index in [1.807, 2.05) is 7.05 Å². The highest BCUT2D eigenvalue weighted by Gasteiger charge is 2.23. The Morgan fingerprint density at radius 1 is 1.00 bits per heavy atom. The molecular weight excluding hydrogens is 222 g/mol. The highest BCUT2D eigenvalue weighted by Crippen LogP contribution is 2.24. The van der Waals surface area contributed by atoms with Gasteiger partial charge in [-0.1, -0.05) is 18.9 Å². The van der Waals surface area contributed by atoms with Crippen molar-refractivity contribution < 1.29 is 4.74 Å². The van der Waals surface area contributed by atoms with Crippen molar-refractivity contribution in [2.24, 2.45) is 0 Å². The predicted octanol–water partition coefficient (Wildman–Crippen LogP) is 3.60. The molecule has 1 saturated carbocycles. The first kappa shape index (κ1) is 13.4. The van der Waals surface area contributed by atoms with Gasteiger partial charge in [0.15, 0.2) is 0 Å². The summed E-state index contributed by atoms with van der Waals surface area (Å²) in [5.74, 6) is 1.03. The van der Waals surface area contributed by atoms with E-state index < -0.39 is 0 Å². The van der Waals surface area contributed by atoms with Crippen molar-refractivity contribution >= 4 is 0 Å². The zero-order valence-electron chi connectivity index (χ0n) is 11.8. The summed E-state index contributed by atoms with van der Waals surface area (Å²) in [6, 6.07) is 6.97. The van der Waals surface area contributed by atoms with Crippen LogP contribution in [0.5, 0.6) is 5.75 Å². The fourth-order valence-corrected chi connectivity index (χ4v) is 2.92. The molecule has 100 valence electrons. The lowest BCUT2D eigenvalue weighted by atomic mass is 10.1. The summed E-state index contributed by atoms with van der Waals surface area (Å²) < 4.78 is 6.24. The van der Waals surface area contributed by atoms with E-state index in [1.54, 1.807) is 0 Å². The maximum Gasteiger partial charge on any atom is 0.120 e. The molecule has 0 heterocycles. The summed E-state index contributed by atoms with van der Waals surface area (Å²) >= 11 is 0. The fourth-order valence-electron chi connectivity index (χ4n) is 2.92. The van der Waals surface area contributed by atoms with Crippen LogP contribution in [0.2, 0.25) is 0 Å². The molecule has 0 spiro atoms. The third kappa shape index (κ3) is 3.49. The Bertz CT molecular complexity index is 368. The maximum absolute atomic E-state index is 6.24. The molecule has 2 atom stereocenters. The van der Waals surface area contributed by atoms with Gasteiger partial charge >= 0.3 is 0 Å². The van der Waals surface area contributed by atoms with Gasteiger partial charge in [-0.15, -0.1) is 0 Å². The van der Waals surface area contributed by atoms with Gasteiger partial charge in [-0.25, -0.2) is 0 Å². The Labute approximate surface area is 111 Å². The molecule has 0 radical (unpaired) electrons. The van der Waals surface area contributed by atoms with E-state index in [2.05, 4.69) is 37.4 Å².